The number of ether oxygens (including phenoxy) is 3. The molecule has 0 aliphatic heterocycles. The van der Waals surface area contributed by atoms with E-state index in [0.29, 0.717) is 5.69 Å². The first-order valence-electron chi connectivity index (χ1n) is 8.30. The van der Waals surface area contributed by atoms with Crippen LogP contribution >= 0.6 is 0 Å². The summed E-state index contributed by atoms with van der Waals surface area (Å²) >= 11 is 0. The highest BCUT2D eigenvalue weighted by atomic mass is 16.6. The van der Waals surface area contributed by atoms with E-state index < -0.39 is 23.6 Å². The molecule has 0 heterocycles. The molecule has 8 heteroatoms. The zero-order valence-corrected chi connectivity index (χ0v) is 16.4. The number of methoxy groups -OCH3 is 2. The molecule has 0 saturated heterocycles. The molecule has 148 valence electrons. The van der Waals surface area contributed by atoms with Gasteiger partial charge in [0.15, 0.2) is 0 Å². The van der Waals surface area contributed by atoms with Crippen molar-refractivity contribution in [2.45, 2.75) is 39.3 Å². The van der Waals surface area contributed by atoms with Crippen LogP contribution in [-0.4, -0.2) is 37.9 Å². The Bertz CT molecular complexity index is 721. The number of hydrogen-bond acceptors (Lipinski definition) is 7. The van der Waals surface area contributed by atoms with Gasteiger partial charge in [-0.3, -0.25) is 0 Å². The Morgan fingerprint density at radius 2 is 1.78 bits per heavy atom. The Morgan fingerprint density at radius 1 is 1.11 bits per heavy atom. The molecular weight excluding hydrogens is 352 g/mol. The van der Waals surface area contributed by atoms with E-state index in [1.54, 1.807) is 45.9 Å². The lowest BCUT2D eigenvalue weighted by atomic mass is 10.1. The van der Waals surface area contributed by atoms with Gasteiger partial charge in [0, 0.05) is 5.69 Å². The standard InChI is InChI=1S/C19H26N2O6/c1-12(20-18(24)27-19(2,3)4)13-8-7-9-14(10-13)21-15(17(23)26-6)11-16(22)25-5/h7-12,21H,1-6H3,(H,20,24)/b15-11+. The second-order valence-electron chi connectivity index (χ2n) is 6.69. The third kappa shape index (κ3) is 7.81. The summed E-state index contributed by atoms with van der Waals surface area (Å²) in [6, 6.07) is 6.66. The molecule has 1 aromatic carbocycles. The topological polar surface area (TPSA) is 103 Å². The van der Waals surface area contributed by atoms with Gasteiger partial charge < -0.3 is 24.8 Å². The average molecular weight is 378 g/mol. The molecule has 1 atom stereocenters. The molecule has 2 N–H and O–H groups in total. The zero-order valence-electron chi connectivity index (χ0n) is 16.4. The second kappa shape index (κ2) is 9.61. The molecule has 1 rings (SSSR count). The smallest absolute Gasteiger partial charge is 0.408 e. The Kier molecular flexibility index (Phi) is 7.83. The minimum Gasteiger partial charge on any atom is -0.466 e. The molecule has 0 radical (unpaired) electrons. The van der Waals surface area contributed by atoms with E-state index in [2.05, 4.69) is 20.1 Å². The lowest BCUT2D eigenvalue weighted by Crippen LogP contribution is -2.34. The quantitative estimate of drug-likeness (QED) is 0.446. The van der Waals surface area contributed by atoms with E-state index >= 15 is 0 Å². The number of carbonyl (C=O) groups is 3. The highest BCUT2D eigenvalue weighted by Crippen LogP contribution is 2.20. The van der Waals surface area contributed by atoms with Crippen LogP contribution in [0.3, 0.4) is 0 Å². The van der Waals surface area contributed by atoms with Gasteiger partial charge >= 0.3 is 18.0 Å². The van der Waals surface area contributed by atoms with Crippen molar-refractivity contribution in [3.63, 3.8) is 0 Å². The van der Waals surface area contributed by atoms with Crippen LogP contribution in [0.25, 0.3) is 0 Å². The predicted octanol–water partition coefficient (Wildman–Crippen LogP) is 2.91. The van der Waals surface area contributed by atoms with Crippen LogP contribution in [0.5, 0.6) is 0 Å². The summed E-state index contributed by atoms with van der Waals surface area (Å²) in [6.07, 6.45) is 0.468. The molecule has 0 saturated carbocycles. The zero-order chi connectivity index (χ0) is 20.6. The number of alkyl carbamates (subject to hydrolysis) is 1. The van der Waals surface area contributed by atoms with E-state index in [1.165, 1.54) is 14.2 Å². The lowest BCUT2D eigenvalue weighted by molar-refractivity contribution is -0.138. The maximum absolute atomic E-state index is 11.9. The number of hydrogen-bond donors (Lipinski definition) is 2. The van der Waals surface area contributed by atoms with Gasteiger partial charge in [-0.05, 0) is 45.4 Å². The predicted molar refractivity (Wildman–Crippen MR) is 100.0 cm³/mol. The summed E-state index contributed by atoms with van der Waals surface area (Å²) in [6.45, 7) is 7.14. The molecule has 0 aromatic heterocycles. The maximum atomic E-state index is 11.9. The van der Waals surface area contributed by atoms with Crippen LogP contribution in [0.4, 0.5) is 10.5 Å². The van der Waals surface area contributed by atoms with E-state index in [1.807, 2.05) is 6.07 Å². The van der Waals surface area contributed by atoms with Gasteiger partial charge in [-0.15, -0.1) is 0 Å². The maximum Gasteiger partial charge on any atom is 0.408 e. The van der Waals surface area contributed by atoms with Crippen molar-refractivity contribution in [3.8, 4) is 0 Å². The largest absolute Gasteiger partial charge is 0.466 e. The molecule has 1 amide bonds. The van der Waals surface area contributed by atoms with Gasteiger partial charge in [0.05, 0.1) is 26.3 Å². The number of esters is 2. The minimum absolute atomic E-state index is 0.0748. The number of rotatable bonds is 6. The van der Waals surface area contributed by atoms with E-state index in [-0.39, 0.29) is 11.7 Å². The van der Waals surface area contributed by atoms with Crippen LogP contribution in [0, 0.1) is 0 Å². The fraction of sp³-hybridized carbons (Fsp3) is 0.421. The molecule has 0 aliphatic rings. The summed E-state index contributed by atoms with van der Waals surface area (Å²) < 4.78 is 14.4. The average Bonchev–Trinajstić information content (AvgIpc) is 2.58. The minimum atomic E-state index is -0.717. The summed E-state index contributed by atoms with van der Waals surface area (Å²) in [7, 11) is 2.41. The normalized spacial score (nSPS) is 12.6. The molecule has 8 nitrogen and oxygen atoms in total. The molecule has 27 heavy (non-hydrogen) atoms. The number of anilines is 1. The number of carbonyl (C=O) groups excluding carboxylic acids is 3. The van der Waals surface area contributed by atoms with Crippen LogP contribution < -0.4 is 10.6 Å². The number of amides is 1. The molecule has 0 spiro atoms. The van der Waals surface area contributed by atoms with Crippen LogP contribution in [0.1, 0.15) is 39.3 Å². The Hall–Kier alpha value is -3.03. The lowest BCUT2D eigenvalue weighted by Gasteiger charge is -2.22. The Morgan fingerprint density at radius 3 is 2.33 bits per heavy atom. The highest BCUT2D eigenvalue weighted by Gasteiger charge is 2.19. The molecular formula is C19H26N2O6. The van der Waals surface area contributed by atoms with Crippen molar-refractivity contribution in [1.29, 1.82) is 0 Å². The van der Waals surface area contributed by atoms with Gasteiger partial charge in [-0.25, -0.2) is 14.4 Å². The first-order chi connectivity index (χ1) is 12.6. The van der Waals surface area contributed by atoms with Crippen molar-refractivity contribution in [1.82, 2.24) is 5.32 Å². The van der Waals surface area contributed by atoms with Gasteiger partial charge in [0.2, 0.25) is 0 Å². The van der Waals surface area contributed by atoms with Crippen molar-refractivity contribution in [2.75, 3.05) is 19.5 Å². The molecule has 0 bridgehead atoms. The molecule has 1 aromatic rings. The Balaban J connectivity index is 2.94. The third-order valence-corrected chi connectivity index (χ3v) is 3.27. The van der Waals surface area contributed by atoms with Gasteiger partial charge in [-0.2, -0.15) is 0 Å². The van der Waals surface area contributed by atoms with Crippen molar-refractivity contribution in [2.24, 2.45) is 0 Å². The van der Waals surface area contributed by atoms with Gasteiger partial charge in [-0.1, -0.05) is 12.1 Å². The highest BCUT2D eigenvalue weighted by molar-refractivity contribution is 5.98. The fourth-order valence-electron chi connectivity index (χ4n) is 2.04. The number of nitrogens with one attached hydrogen (secondary N) is 2. The summed E-state index contributed by atoms with van der Waals surface area (Å²) in [5, 5.41) is 5.56. The molecule has 0 fully saturated rings. The van der Waals surface area contributed by atoms with Gasteiger partial charge in [0.1, 0.15) is 11.3 Å². The monoisotopic (exact) mass is 378 g/mol. The second-order valence-corrected chi connectivity index (χ2v) is 6.69. The van der Waals surface area contributed by atoms with E-state index in [0.717, 1.165) is 11.6 Å². The van der Waals surface area contributed by atoms with Crippen molar-refractivity contribution in [3.05, 3.63) is 41.6 Å². The Labute approximate surface area is 158 Å². The first-order valence-corrected chi connectivity index (χ1v) is 8.30. The fourth-order valence-corrected chi connectivity index (χ4v) is 2.04. The first kappa shape index (κ1) is 22.0. The third-order valence-electron chi connectivity index (χ3n) is 3.27. The van der Waals surface area contributed by atoms with E-state index in [9.17, 15) is 14.4 Å². The van der Waals surface area contributed by atoms with Crippen LogP contribution in [-0.2, 0) is 23.8 Å². The summed E-state index contributed by atoms with van der Waals surface area (Å²) in [4.78, 5) is 35.2. The van der Waals surface area contributed by atoms with E-state index in [4.69, 9.17) is 4.74 Å². The summed E-state index contributed by atoms with van der Waals surface area (Å²) in [5.41, 5.74) is 0.634. The van der Waals surface area contributed by atoms with Crippen molar-refractivity contribution < 1.29 is 28.6 Å². The van der Waals surface area contributed by atoms with Gasteiger partial charge in [0.25, 0.3) is 0 Å². The number of benzene rings is 1. The van der Waals surface area contributed by atoms with Crippen LogP contribution in [0.15, 0.2) is 36.0 Å². The summed E-state index contributed by atoms with van der Waals surface area (Å²) in [5.74, 6) is -1.41. The molecule has 0 aliphatic carbocycles. The SMILES string of the molecule is COC(=O)/C=C(/Nc1cccc(C(C)NC(=O)OC(C)(C)C)c1)C(=O)OC. The molecule has 1 unspecified atom stereocenters. The van der Waals surface area contributed by atoms with Crippen molar-refractivity contribution >= 4 is 23.7 Å². The van der Waals surface area contributed by atoms with Crippen LogP contribution in [0.2, 0.25) is 0 Å².